The molecule has 0 aliphatic heterocycles. The van der Waals surface area contributed by atoms with E-state index in [9.17, 15) is 4.79 Å². The second-order valence-corrected chi connectivity index (χ2v) is 3.52. The summed E-state index contributed by atoms with van der Waals surface area (Å²) in [6.45, 7) is 0.0762. The van der Waals surface area contributed by atoms with E-state index in [4.69, 9.17) is 10.8 Å². The third kappa shape index (κ3) is 2.43. The molecule has 72 valence electrons. The van der Waals surface area contributed by atoms with Gasteiger partial charge in [0.15, 0.2) is 5.16 Å². The first-order valence-electron chi connectivity index (χ1n) is 3.58. The summed E-state index contributed by atoms with van der Waals surface area (Å²) in [6, 6.07) is 0. The Labute approximate surface area is 79.1 Å². The highest BCUT2D eigenvalue weighted by Gasteiger charge is 2.19. The number of aliphatic carboxylic acids is 1. The molecule has 0 bridgehead atoms. The highest BCUT2D eigenvalue weighted by molar-refractivity contribution is 8.00. The van der Waals surface area contributed by atoms with Crippen LogP contribution in [0.15, 0.2) is 11.5 Å². The Morgan fingerprint density at radius 1 is 1.92 bits per heavy atom. The van der Waals surface area contributed by atoms with Crippen LogP contribution in [0.3, 0.4) is 0 Å². The normalized spacial score (nSPS) is 12.8. The van der Waals surface area contributed by atoms with Crippen LogP contribution < -0.4 is 5.73 Å². The average Bonchev–Trinajstić information content (AvgIpc) is 2.46. The van der Waals surface area contributed by atoms with Gasteiger partial charge in [-0.25, -0.2) is 9.67 Å². The molecule has 0 spiro atoms. The summed E-state index contributed by atoms with van der Waals surface area (Å²) in [5.41, 5.74) is 5.28. The molecule has 0 amide bonds. The van der Waals surface area contributed by atoms with Crippen molar-refractivity contribution in [1.29, 1.82) is 0 Å². The molecule has 0 aromatic carbocycles. The third-order valence-corrected chi connectivity index (χ3v) is 2.67. The van der Waals surface area contributed by atoms with Gasteiger partial charge in [-0.15, -0.1) is 0 Å². The second-order valence-electron chi connectivity index (χ2n) is 2.35. The summed E-state index contributed by atoms with van der Waals surface area (Å²) in [5, 5.41) is 12.4. The number of aryl methyl sites for hydroxylation is 1. The van der Waals surface area contributed by atoms with E-state index in [1.807, 2.05) is 0 Å². The molecule has 6 nitrogen and oxygen atoms in total. The Morgan fingerprint density at radius 2 is 2.62 bits per heavy atom. The zero-order valence-electron chi connectivity index (χ0n) is 7.04. The van der Waals surface area contributed by atoms with E-state index >= 15 is 0 Å². The van der Waals surface area contributed by atoms with Gasteiger partial charge >= 0.3 is 5.97 Å². The van der Waals surface area contributed by atoms with Crippen LogP contribution in [-0.4, -0.2) is 37.6 Å². The van der Waals surface area contributed by atoms with Gasteiger partial charge in [-0.1, -0.05) is 11.8 Å². The van der Waals surface area contributed by atoms with Crippen LogP contribution >= 0.6 is 11.8 Å². The molecule has 0 saturated carbocycles. The molecule has 0 aliphatic rings. The van der Waals surface area contributed by atoms with Crippen molar-refractivity contribution < 1.29 is 9.90 Å². The SMILES string of the molecule is Cn1ncnc1SC(CN)C(=O)O. The molecular weight excluding hydrogens is 192 g/mol. The molecule has 0 fully saturated rings. The molecule has 3 N–H and O–H groups in total. The number of rotatable bonds is 4. The van der Waals surface area contributed by atoms with Gasteiger partial charge in [0.05, 0.1) is 0 Å². The molecule has 1 aromatic rings. The molecule has 0 radical (unpaired) electrons. The lowest BCUT2D eigenvalue weighted by Gasteiger charge is -2.07. The van der Waals surface area contributed by atoms with Gasteiger partial charge in [-0.3, -0.25) is 4.79 Å². The maximum atomic E-state index is 10.6. The van der Waals surface area contributed by atoms with Gasteiger partial charge in [0.1, 0.15) is 11.6 Å². The summed E-state index contributed by atoms with van der Waals surface area (Å²) >= 11 is 1.09. The average molecular weight is 202 g/mol. The minimum absolute atomic E-state index is 0.0762. The molecule has 13 heavy (non-hydrogen) atoms. The minimum Gasteiger partial charge on any atom is -0.480 e. The second kappa shape index (κ2) is 4.24. The number of thioether (sulfide) groups is 1. The zero-order valence-corrected chi connectivity index (χ0v) is 7.86. The Morgan fingerprint density at radius 3 is 3.00 bits per heavy atom. The van der Waals surface area contributed by atoms with E-state index in [2.05, 4.69) is 10.1 Å². The standard InChI is InChI=1S/C6H10N4O2S/c1-10-6(8-3-9-10)13-4(2-7)5(11)12/h3-4H,2,7H2,1H3,(H,11,12). The number of carboxylic acid groups (broad SMARTS) is 1. The Kier molecular flexibility index (Phi) is 3.26. The van der Waals surface area contributed by atoms with Crippen molar-refractivity contribution in [3.8, 4) is 0 Å². The van der Waals surface area contributed by atoms with Crippen LogP contribution in [0.25, 0.3) is 0 Å². The van der Waals surface area contributed by atoms with Crippen LogP contribution in [0.2, 0.25) is 0 Å². The number of aromatic nitrogens is 3. The monoisotopic (exact) mass is 202 g/mol. The quantitative estimate of drug-likeness (QED) is 0.628. The number of hydrogen-bond donors (Lipinski definition) is 2. The maximum Gasteiger partial charge on any atom is 0.318 e. The summed E-state index contributed by atoms with van der Waals surface area (Å²) < 4.78 is 1.51. The molecular formula is C6H10N4O2S. The van der Waals surface area contributed by atoms with E-state index < -0.39 is 11.2 Å². The van der Waals surface area contributed by atoms with Crippen molar-refractivity contribution in [1.82, 2.24) is 14.8 Å². The van der Waals surface area contributed by atoms with Crippen LogP contribution in [0, 0.1) is 0 Å². The Bertz CT molecular complexity index is 301. The molecule has 7 heteroatoms. The first kappa shape index (κ1) is 10.0. The number of nitrogens with zero attached hydrogens (tertiary/aromatic N) is 3. The largest absolute Gasteiger partial charge is 0.480 e. The van der Waals surface area contributed by atoms with Crippen LogP contribution in [0.1, 0.15) is 0 Å². The van der Waals surface area contributed by atoms with Crippen molar-refractivity contribution in [2.75, 3.05) is 6.54 Å². The number of hydrogen-bond acceptors (Lipinski definition) is 5. The van der Waals surface area contributed by atoms with Gasteiger partial charge < -0.3 is 10.8 Å². The van der Waals surface area contributed by atoms with Gasteiger partial charge in [0.2, 0.25) is 0 Å². The highest BCUT2D eigenvalue weighted by Crippen LogP contribution is 2.19. The zero-order chi connectivity index (χ0) is 9.84. The van der Waals surface area contributed by atoms with Gasteiger partial charge in [-0.2, -0.15) is 5.10 Å². The van der Waals surface area contributed by atoms with Crippen molar-refractivity contribution in [3.63, 3.8) is 0 Å². The fraction of sp³-hybridized carbons (Fsp3) is 0.500. The molecule has 0 aliphatic carbocycles. The van der Waals surface area contributed by atoms with Gasteiger partial charge in [0, 0.05) is 13.6 Å². The summed E-state index contributed by atoms with van der Waals surface area (Å²) in [6.07, 6.45) is 1.37. The van der Waals surface area contributed by atoms with E-state index in [1.54, 1.807) is 7.05 Å². The van der Waals surface area contributed by atoms with E-state index in [0.29, 0.717) is 5.16 Å². The third-order valence-electron chi connectivity index (χ3n) is 1.41. The van der Waals surface area contributed by atoms with Crippen LogP contribution in [-0.2, 0) is 11.8 Å². The number of carboxylic acids is 1. The highest BCUT2D eigenvalue weighted by atomic mass is 32.2. The summed E-state index contributed by atoms with van der Waals surface area (Å²) in [7, 11) is 1.70. The van der Waals surface area contributed by atoms with E-state index in [-0.39, 0.29) is 6.54 Å². The number of carbonyl (C=O) groups is 1. The molecule has 0 saturated heterocycles. The Hall–Kier alpha value is -1.08. The van der Waals surface area contributed by atoms with Crippen molar-refractivity contribution in [2.24, 2.45) is 12.8 Å². The molecule has 1 unspecified atom stereocenters. The van der Waals surface area contributed by atoms with Gasteiger partial charge in [-0.05, 0) is 0 Å². The fourth-order valence-electron chi connectivity index (χ4n) is 0.719. The molecule has 1 aromatic heterocycles. The van der Waals surface area contributed by atoms with E-state index in [1.165, 1.54) is 11.0 Å². The first-order valence-corrected chi connectivity index (χ1v) is 4.46. The number of nitrogens with two attached hydrogens (primary N) is 1. The van der Waals surface area contributed by atoms with Crippen molar-refractivity contribution in [2.45, 2.75) is 10.4 Å². The van der Waals surface area contributed by atoms with Crippen molar-refractivity contribution in [3.05, 3.63) is 6.33 Å². The summed E-state index contributed by atoms with van der Waals surface area (Å²) in [5.74, 6) is -0.935. The lowest BCUT2D eigenvalue weighted by Crippen LogP contribution is -2.26. The van der Waals surface area contributed by atoms with Crippen LogP contribution in [0.5, 0.6) is 0 Å². The molecule has 1 heterocycles. The lowest BCUT2D eigenvalue weighted by atomic mass is 10.4. The molecule has 1 atom stereocenters. The summed E-state index contributed by atoms with van der Waals surface area (Å²) in [4.78, 5) is 14.5. The van der Waals surface area contributed by atoms with Crippen molar-refractivity contribution >= 4 is 17.7 Å². The minimum atomic E-state index is -0.935. The van der Waals surface area contributed by atoms with E-state index in [0.717, 1.165) is 11.8 Å². The van der Waals surface area contributed by atoms with Gasteiger partial charge in [0.25, 0.3) is 0 Å². The van der Waals surface area contributed by atoms with Crippen LogP contribution in [0.4, 0.5) is 0 Å². The fourth-order valence-corrected chi connectivity index (χ4v) is 1.48. The Balaban J connectivity index is 2.67. The maximum absolute atomic E-state index is 10.6. The smallest absolute Gasteiger partial charge is 0.318 e. The predicted octanol–water partition coefficient (Wildman–Crippen LogP) is -0.681. The lowest BCUT2D eigenvalue weighted by molar-refractivity contribution is -0.136. The first-order chi connectivity index (χ1) is 6.15. The predicted molar refractivity (Wildman–Crippen MR) is 47.3 cm³/mol. The molecule has 1 rings (SSSR count). The topological polar surface area (TPSA) is 94.0 Å².